The summed E-state index contributed by atoms with van der Waals surface area (Å²) in [6.07, 6.45) is 3.27. The third kappa shape index (κ3) is 3.72. The van der Waals surface area contributed by atoms with E-state index in [-0.39, 0.29) is 24.5 Å². The largest absolute Gasteiger partial charge is 0.492 e. The van der Waals surface area contributed by atoms with Gasteiger partial charge in [-0.3, -0.25) is 14.9 Å². The molecule has 2 heterocycles. The van der Waals surface area contributed by atoms with Gasteiger partial charge in [0.05, 0.1) is 17.1 Å². The fourth-order valence-electron chi connectivity index (χ4n) is 3.38. The van der Waals surface area contributed by atoms with Crippen molar-refractivity contribution in [2.24, 2.45) is 0 Å². The fraction of sp³-hybridized carbons (Fsp3) is 0.529. The topological polar surface area (TPSA) is 78.9 Å². The van der Waals surface area contributed by atoms with Gasteiger partial charge in [0.1, 0.15) is 12.3 Å². The number of aliphatic carboxylic acids is 1. The van der Waals surface area contributed by atoms with Crippen LogP contribution in [0.1, 0.15) is 37.3 Å². The van der Waals surface area contributed by atoms with Gasteiger partial charge in [0.25, 0.3) is 0 Å². The van der Waals surface area contributed by atoms with E-state index < -0.39 is 5.97 Å². The first-order valence-electron chi connectivity index (χ1n) is 8.24. The molecule has 0 aromatic heterocycles. The van der Waals surface area contributed by atoms with E-state index in [9.17, 15) is 9.59 Å². The number of carbonyl (C=O) groups is 2. The SMILES string of the molecule is O=C(O)CN1CCCCC(NC2CCOc3c(Br)cccc32)C1=O. The molecule has 130 valence electrons. The van der Waals surface area contributed by atoms with Gasteiger partial charge in [-0.1, -0.05) is 12.1 Å². The summed E-state index contributed by atoms with van der Waals surface area (Å²) in [7, 11) is 0. The molecule has 1 aromatic rings. The minimum absolute atomic E-state index is 0.0324. The normalized spacial score (nSPS) is 24.0. The number of nitrogens with zero attached hydrogens (tertiary/aromatic N) is 1. The number of likely N-dealkylation sites (tertiary alicyclic amines) is 1. The van der Waals surface area contributed by atoms with Crippen molar-refractivity contribution in [2.75, 3.05) is 19.7 Å². The highest BCUT2D eigenvalue weighted by atomic mass is 79.9. The maximum Gasteiger partial charge on any atom is 0.323 e. The Labute approximate surface area is 149 Å². The van der Waals surface area contributed by atoms with Crippen LogP contribution in [-0.2, 0) is 9.59 Å². The minimum Gasteiger partial charge on any atom is -0.492 e. The smallest absolute Gasteiger partial charge is 0.323 e. The molecule has 2 aliphatic heterocycles. The third-order valence-electron chi connectivity index (χ3n) is 4.53. The highest BCUT2D eigenvalue weighted by Gasteiger charge is 2.32. The van der Waals surface area contributed by atoms with Gasteiger partial charge in [0.15, 0.2) is 0 Å². The maximum atomic E-state index is 12.7. The molecule has 7 heteroatoms. The number of carboxylic acid groups (broad SMARTS) is 1. The summed E-state index contributed by atoms with van der Waals surface area (Å²) in [5.74, 6) is -0.257. The molecule has 24 heavy (non-hydrogen) atoms. The lowest BCUT2D eigenvalue weighted by molar-refractivity contribution is -0.145. The molecule has 0 radical (unpaired) electrons. The van der Waals surface area contributed by atoms with E-state index in [0.29, 0.717) is 13.2 Å². The lowest BCUT2D eigenvalue weighted by Crippen LogP contribution is -2.48. The zero-order chi connectivity index (χ0) is 17.1. The standard InChI is InChI=1S/C17H21BrN2O4/c18-12-5-3-4-11-13(7-9-24-16(11)12)19-14-6-1-2-8-20(17(14)23)10-15(21)22/h3-5,13-14,19H,1-2,6-10H2,(H,21,22). The quantitative estimate of drug-likeness (QED) is 0.816. The molecule has 1 amide bonds. The van der Waals surface area contributed by atoms with Crippen LogP contribution in [0.25, 0.3) is 0 Å². The number of fused-ring (bicyclic) bond motifs is 1. The van der Waals surface area contributed by atoms with Crippen LogP contribution in [0, 0.1) is 0 Å². The van der Waals surface area contributed by atoms with Gasteiger partial charge in [-0.25, -0.2) is 0 Å². The van der Waals surface area contributed by atoms with Gasteiger partial charge in [0, 0.05) is 24.6 Å². The Morgan fingerprint density at radius 1 is 1.33 bits per heavy atom. The van der Waals surface area contributed by atoms with Crippen LogP contribution in [0.15, 0.2) is 22.7 Å². The Bertz CT molecular complexity index is 637. The molecule has 0 saturated carbocycles. The molecular formula is C17H21BrN2O4. The van der Waals surface area contributed by atoms with E-state index in [1.807, 2.05) is 18.2 Å². The van der Waals surface area contributed by atoms with E-state index in [1.54, 1.807) is 0 Å². The number of amides is 1. The van der Waals surface area contributed by atoms with Crippen LogP contribution in [0.4, 0.5) is 0 Å². The van der Waals surface area contributed by atoms with Crippen molar-refractivity contribution in [1.29, 1.82) is 0 Å². The number of carbonyl (C=O) groups excluding carboxylic acids is 1. The summed E-state index contributed by atoms with van der Waals surface area (Å²) in [6.45, 7) is 0.874. The van der Waals surface area contributed by atoms with Crippen LogP contribution in [0.3, 0.4) is 0 Å². The van der Waals surface area contributed by atoms with E-state index in [0.717, 1.165) is 41.5 Å². The van der Waals surface area contributed by atoms with Gasteiger partial charge in [0.2, 0.25) is 5.91 Å². The van der Waals surface area contributed by atoms with Gasteiger partial charge < -0.3 is 14.7 Å². The number of rotatable bonds is 4. The highest BCUT2D eigenvalue weighted by molar-refractivity contribution is 9.10. The zero-order valence-corrected chi connectivity index (χ0v) is 14.9. The Morgan fingerprint density at radius 2 is 2.17 bits per heavy atom. The van der Waals surface area contributed by atoms with Crippen LogP contribution in [0.2, 0.25) is 0 Å². The molecule has 0 aliphatic carbocycles. The van der Waals surface area contributed by atoms with Gasteiger partial charge in [-0.05, 0) is 41.3 Å². The van der Waals surface area contributed by atoms with Crippen molar-refractivity contribution >= 4 is 27.8 Å². The van der Waals surface area contributed by atoms with Crippen LogP contribution in [-0.4, -0.2) is 47.6 Å². The number of hydrogen-bond acceptors (Lipinski definition) is 4. The Balaban J connectivity index is 1.77. The predicted octanol–water partition coefficient (Wildman–Crippen LogP) is 2.33. The zero-order valence-electron chi connectivity index (χ0n) is 13.3. The molecule has 0 bridgehead atoms. The summed E-state index contributed by atoms with van der Waals surface area (Å²) in [5, 5.41) is 12.5. The molecule has 2 atom stereocenters. The summed E-state index contributed by atoms with van der Waals surface area (Å²) >= 11 is 3.50. The summed E-state index contributed by atoms with van der Waals surface area (Å²) < 4.78 is 6.65. The van der Waals surface area contributed by atoms with Crippen molar-refractivity contribution in [3.8, 4) is 5.75 Å². The minimum atomic E-state index is -0.968. The van der Waals surface area contributed by atoms with Crippen LogP contribution >= 0.6 is 15.9 Å². The molecule has 6 nitrogen and oxygen atoms in total. The van der Waals surface area contributed by atoms with Gasteiger partial charge in [-0.15, -0.1) is 0 Å². The highest BCUT2D eigenvalue weighted by Crippen LogP contribution is 2.38. The monoisotopic (exact) mass is 396 g/mol. The Kier molecular flexibility index (Phi) is 5.40. The average molecular weight is 397 g/mol. The number of carboxylic acids is 1. The fourth-order valence-corrected chi connectivity index (χ4v) is 3.88. The van der Waals surface area contributed by atoms with Crippen molar-refractivity contribution < 1.29 is 19.4 Å². The second kappa shape index (κ2) is 7.53. The van der Waals surface area contributed by atoms with E-state index in [4.69, 9.17) is 9.84 Å². The summed E-state index contributed by atoms with van der Waals surface area (Å²) in [5.41, 5.74) is 1.04. The van der Waals surface area contributed by atoms with E-state index in [2.05, 4.69) is 21.2 Å². The number of para-hydroxylation sites is 1. The number of hydrogen-bond donors (Lipinski definition) is 2. The van der Waals surface area contributed by atoms with Crippen molar-refractivity contribution in [1.82, 2.24) is 10.2 Å². The van der Waals surface area contributed by atoms with Crippen molar-refractivity contribution in [2.45, 2.75) is 37.8 Å². The number of benzene rings is 1. The van der Waals surface area contributed by atoms with Crippen molar-refractivity contribution in [3.63, 3.8) is 0 Å². The van der Waals surface area contributed by atoms with E-state index >= 15 is 0 Å². The number of nitrogens with one attached hydrogen (secondary N) is 1. The predicted molar refractivity (Wildman–Crippen MR) is 92.0 cm³/mol. The second-order valence-electron chi connectivity index (χ2n) is 6.22. The molecule has 3 rings (SSSR count). The molecule has 1 saturated heterocycles. The van der Waals surface area contributed by atoms with E-state index in [1.165, 1.54) is 4.90 Å². The number of ether oxygens (including phenoxy) is 1. The van der Waals surface area contributed by atoms with Gasteiger partial charge >= 0.3 is 5.97 Å². The summed E-state index contributed by atoms with van der Waals surface area (Å²) in [4.78, 5) is 25.1. The summed E-state index contributed by atoms with van der Waals surface area (Å²) in [6, 6.07) is 5.59. The lowest BCUT2D eigenvalue weighted by atomic mass is 9.98. The van der Waals surface area contributed by atoms with Crippen LogP contribution < -0.4 is 10.1 Å². The molecule has 2 N–H and O–H groups in total. The molecule has 1 aromatic carbocycles. The molecule has 0 spiro atoms. The first-order valence-corrected chi connectivity index (χ1v) is 9.03. The Morgan fingerprint density at radius 3 is 2.96 bits per heavy atom. The lowest BCUT2D eigenvalue weighted by Gasteiger charge is -2.31. The Hall–Kier alpha value is -1.60. The first kappa shape index (κ1) is 17.2. The first-order chi connectivity index (χ1) is 11.6. The molecular weight excluding hydrogens is 376 g/mol. The van der Waals surface area contributed by atoms with Crippen molar-refractivity contribution in [3.05, 3.63) is 28.2 Å². The average Bonchev–Trinajstić information content (AvgIpc) is 2.71. The third-order valence-corrected chi connectivity index (χ3v) is 5.16. The molecule has 2 unspecified atom stereocenters. The number of halogens is 1. The van der Waals surface area contributed by atoms with Crippen LogP contribution in [0.5, 0.6) is 5.75 Å². The van der Waals surface area contributed by atoms with Gasteiger partial charge in [-0.2, -0.15) is 0 Å². The molecule has 1 fully saturated rings. The molecule has 2 aliphatic rings. The second-order valence-corrected chi connectivity index (χ2v) is 7.07. The maximum absolute atomic E-state index is 12.7.